The number of benzene rings is 1. The monoisotopic (exact) mass is 264 g/mol. The summed E-state index contributed by atoms with van der Waals surface area (Å²) in [5.74, 6) is -0.991. The second kappa shape index (κ2) is 6.53. The zero-order valence-corrected chi connectivity index (χ0v) is 10.8. The summed E-state index contributed by atoms with van der Waals surface area (Å²) in [4.78, 5) is 33.4. The lowest BCUT2D eigenvalue weighted by Crippen LogP contribution is -2.37. The van der Waals surface area contributed by atoms with Crippen LogP contribution < -0.4 is 15.8 Å². The van der Waals surface area contributed by atoms with Gasteiger partial charge in [0.2, 0.25) is 11.8 Å². The van der Waals surface area contributed by atoms with Crippen molar-refractivity contribution in [2.45, 2.75) is 26.3 Å². The van der Waals surface area contributed by atoms with Crippen LogP contribution >= 0.6 is 0 Å². The summed E-state index contributed by atoms with van der Waals surface area (Å²) in [6.07, 6.45) is 0.259. The number of hydrogen-bond acceptors (Lipinski definition) is 4. The van der Waals surface area contributed by atoms with Gasteiger partial charge in [0, 0.05) is 13.3 Å². The second-order valence-electron chi connectivity index (χ2n) is 3.92. The van der Waals surface area contributed by atoms with E-state index in [0.29, 0.717) is 11.3 Å². The number of rotatable bonds is 5. The van der Waals surface area contributed by atoms with Crippen molar-refractivity contribution in [3.05, 3.63) is 29.8 Å². The Kier molecular flexibility index (Phi) is 5.05. The molecule has 0 saturated carbocycles. The van der Waals surface area contributed by atoms with E-state index in [9.17, 15) is 14.4 Å². The molecule has 3 N–H and O–H groups in total. The molecule has 19 heavy (non-hydrogen) atoms. The van der Waals surface area contributed by atoms with Gasteiger partial charge in [-0.25, -0.2) is 0 Å². The van der Waals surface area contributed by atoms with Crippen LogP contribution in [0.15, 0.2) is 24.3 Å². The Bertz CT molecular complexity index is 482. The minimum atomic E-state index is -0.890. The van der Waals surface area contributed by atoms with Crippen LogP contribution in [0.1, 0.15) is 31.9 Å². The average Bonchev–Trinajstić information content (AvgIpc) is 2.35. The number of nitrogens with one attached hydrogen (secondary N) is 1. The zero-order valence-electron chi connectivity index (χ0n) is 10.8. The highest BCUT2D eigenvalue weighted by Gasteiger charge is 2.19. The van der Waals surface area contributed by atoms with Gasteiger partial charge in [-0.1, -0.05) is 19.1 Å². The van der Waals surface area contributed by atoms with Gasteiger partial charge in [0.1, 0.15) is 11.8 Å². The lowest BCUT2D eigenvalue weighted by Gasteiger charge is -2.15. The number of amides is 2. The molecule has 1 unspecified atom stereocenters. The maximum atomic E-state index is 11.3. The molecule has 0 saturated heterocycles. The fraction of sp³-hybridized carbons (Fsp3) is 0.308. The minimum Gasteiger partial charge on any atom is -0.427 e. The third-order valence-electron chi connectivity index (χ3n) is 2.39. The molecular formula is C13H16N2O4. The molecule has 0 aliphatic heterocycles. The van der Waals surface area contributed by atoms with Crippen LogP contribution in [-0.4, -0.2) is 17.8 Å². The standard InChI is InChI=1S/C13H16N2O4/c1-3-11(17)15-12(13(14)18)9-4-6-10(7-5-9)19-8(2)16/h4-7,12H,3H2,1-2H3,(H2,14,18)(H,15,17). The van der Waals surface area contributed by atoms with Crippen molar-refractivity contribution in [3.8, 4) is 5.75 Å². The summed E-state index contributed by atoms with van der Waals surface area (Å²) in [7, 11) is 0. The molecule has 0 fully saturated rings. The molecule has 0 bridgehead atoms. The Morgan fingerprint density at radius 1 is 1.26 bits per heavy atom. The Morgan fingerprint density at radius 3 is 2.26 bits per heavy atom. The third kappa shape index (κ3) is 4.42. The molecule has 1 rings (SSSR count). The Morgan fingerprint density at radius 2 is 1.84 bits per heavy atom. The summed E-state index contributed by atoms with van der Waals surface area (Å²) in [5, 5.41) is 2.52. The summed E-state index contributed by atoms with van der Waals surface area (Å²) in [6.45, 7) is 2.97. The molecule has 0 aliphatic carbocycles. The van der Waals surface area contributed by atoms with Gasteiger partial charge in [-0.2, -0.15) is 0 Å². The van der Waals surface area contributed by atoms with E-state index in [2.05, 4.69) is 5.32 Å². The van der Waals surface area contributed by atoms with E-state index in [4.69, 9.17) is 10.5 Å². The number of nitrogens with two attached hydrogens (primary N) is 1. The van der Waals surface area contributed by atoms with Crippen LogP contribution in [-0.2, 0) is 14.4 Å². The first-order valence-corrected chi connectivity index (χ1v) is 5.81. The molecule has 0 aromatic heterocycles. The number of carbonyl (C=O) groups is 3. The Balaban J connectivity index is 2.88. The maximum absolute atomic E-state index is 11.3. The summed E-state index contributed by atoms with van der Waals surface area (Å²) in [5.41, 5.74) is 5.78. The number of ether oxygens (including phenoxy) is 1. The van der Waals surface area contributed by atoms with Crippen molar-refractivity contribution >= 4 is 17.8 Å². The molecule has 1 atom stereocenters. The molecule has 0 spiro atoms. The van der Waals surface area contributed by atoms with E-state index < -0.39 is 17.9 Å². The van der Waals surface area contributed by atoms with Gasteiger partial charge < -0.3 is 15.8 Å². The predicted octanol–water partition coefficient (Wildman–Crippen LogP) is 0.664. The van der Waals surface area contributed by atoms with Crippen molar-refractivity contribution in [1.29, 1.82) is 0 Å². The van der Waals surface area contributed by atoms with Crippen molar-refractivity contribution in [2.75, 3.05) is 0 Å². The predicted molar refractivity (Wildman–Crippen MR) is 68.1 cm³/mol. The van der Waals surface area contributed by atoms with E-state index in [-0.39, 0.29) is 12.3 Å². The lowest BCUT2D eigenvalue weighted by molar-refractivity contribution is -0.131. The summed E-state index contributed by atoms with van der Waals surface area (Å²) < 4.78 is 4.87. The molecule has 0 radical (unpaired) electrons. The number of primary amides is 1. The van der Waals surface area contributed by atoms with Crippen molar-refractivity contribution < 1.29 is 19.1 Å². The second-order valence-corrected chi connectivity index (χ2v) is 3.92. The van der Waals surface area contributed by atoms with E-state index in [1.165, 1.54) is 19.1 Å². The molecule has 2 amide bonds. The Hall–Kier alpha value is -2.37. The summed E-state index contributed by atoms with van der Waals surface area (Å²) >= 11 is 0. The van der Waals surface area contributed by atoms with Crippen LogP contribution in [0.3, 0.4) is 0 Å². The van der Waals surface area contributed by atoms with Crippen molar-refractivity contribution in [1.82, 2.24) is 5.32 Å². The van der Waals surface area contributed by atoms with Gasteiger partial charge in [-0.15, -0.1) is 0 Å². The van der Waals surface area contributed by atoms with Gasteiger partial charge in [0.05, 0.1) is 0 Å². The number of esters is 1. The van der Waals surface area contributed by atoms with Gasteiger partial charge in [0.25, 0.3) is 0 Å². The first-order chi connectivity index (χ1) is 8.93. The molecule has 102 valence electrons. The molecular weight excluding hydrogens is 248 g/mol. The van der Waals surface area contributed by atoms with E-state index in [0.717, 1.165) is 0 Å². The fourth-order valence-corrected chi connectivity index (χ4v) is 1.48. The molecule has 1 aromatic rings. The van der Waals surface area contributed by atoms with Gasteiger partial charge >= 0.3 is 5.97 Å². The maximum Gasteiger partial charge on any atom is 0.308 e. The molecule has 0 aliphatic rings. The van der Waals surface area contributed by atoms with Crippen molar-refractivity contribution in [3.63, 3.8) is 0 Å². The average molecular weight is 264 g/mol. The van der Waals surface area contributed by atoms with Crippen LogP contribution in [0.2, 0.25) is 0 Å². The highest BCUT2D eigenvalue weighted by Crippen LogP contribution is 2.18. The fourth-order valence-electron chi connectivity index (χ4n) is 1.48. The first kappa shape index (κ1) is 14.7. The smallest absolute Gasteiger partial charge is 0.308 e. The SMILES string of the molecule is CCC(=O)NC(C(N)=O)c1ccc(OC(C)=O)cc1. The van der Waals surface area contributed by atoms with E-state index in [1.807, 2.05) is 0 Å². The minimum absolute atomic E-state index is 0.259. The molecule has 6 nitrogen and oxygen atoms in total. The van der Waals surface area contributed by atoms with Crippen LogP contribution in [0.25, 0.3) is 0 Å². The van der Waals surface area contributed by atoms with E-state index in [1.54, 1.807) is 19.1 Å². The van der Waals surface area contributed by atoms with Crippen LogP contribution in [0.5, 0.6) is 5.75 Å². The quantitative estimate of drug-likeness (QED) is 0.603. The number of hydrogen-bond donors (Lipinski definition) is 2. The number of carbonyl (C=O) groups excluding carboxylic acids is 3. The van der Waals surface area contributed by atoms with Gasteiger partial charge in [-0.3, -0.25) is 14.4 Å². The lowest BCUT2D eigenvalue weighted by atomic mass is 10.1. The summed E-state index contributed by atoms with van der Waals surface area (Å²) in [6, 6.07) is 5.32. The van der Waals surface area contributed by atoms with Crippen molar-refractivity contribution in [2.24, 2.45) is 5.73 Å². The largest absolute Gasteiger partial charge is 0.427 e. The highest BCUT2D eigenvalue weighted by atomic mass is 16.5. The Labute approximate surface area is 110 Å². The first-order valence-electron chi connectivity index (χ1n) is 5.81. The molecule has 1 aromatic carbocycles. The van der Waals surface area contributed by atoms with Gasteiger partial charge in [0.15, 0.2) is 0 Å². The van der Waals surface area contributed by atoms with E-state index >= 15 is 0 Å². The normalized spacial score (nSPS) is 11.5. The third-order valence-corrected chi connectivity index (χ3v) is 2.39. The van der Waals surface area contributed by atoms with Gasteiger partial charge in [-0.05, 0) is 17.7 Å². The zero-order chi connectivity index (χ0) is 14.4. The molecule has 6 heteroatoms. The highest BCUT2D eigenvalue weighted by molar-refractivity contribution is 5.87. The topological polar surface area (TPSA) is 98.5 Å². The molecule has 0 heterocycles. The van der Waals surface area contributed by atoms with Crippen LogP contribution in [0.4, 0.5) is 0 Å². The van der Waals surface area contributed by atoms with Crippen LogP contribution in [0, 0.1) is 0 Å².